The van der Waals surface area contributed by atoms with Crippen LogP contribution in [-0.2, 0) is 28.7 Å². The lowest BCUT2D eigenvalue weighted by Crippen LogP contribution is -2.47. The van der Waals surface area contributed by atoms with Gasteiger partial charge in [0.15, 0.2) is 11.9 Å². The molecule has 1 atom stereocenters. The highest BCUT2D eigenvalue weighted by molar-refractivity contribution is 7.18. The molecule has 1 unspecified atom stereocenters. The van der Waals surface area contributed by atoms with Gasteiger partial charge < -0.3 is 14.5 Å². The van der Waals surface area contributed by atoms with E-state index in [9.17, 15) is 22.8 Å². The van der Waals surface area contributed by atoms with E-state index in [4.69, 9.17) is 14.7 Å². The summed E-state index contributed by atoms with van der Waals surface area (Å²) in [7, 11) is 0. The minimum absolute atomic E-state index is 0.0899. The first-order valence-electron chi connectivity index (χ1n) is 16.8. The Labute approximate surface area is 303 Å². The van der Waals surface area contributed by atoms with Crippen molar-refractivity contribution in [1.29, 1.82) is 0 Å². The molecule has 0 amide bonds. The molecule has 1 fully saturated rings. The van der Waals surface area contributed by atoms with Crippen LogP contribution in [0, 0.1) is 0 Å². The van der Waals surface area contributed by atoms with Gasteiger partial charge in [0.1, 0.15) is 16.6 Å². The second-order valence-electron chi connectivity index (χ2n) is 12.5. The maximum Gasteiger partial charge on any atom is 0.416 e. The van der Waals surface area contributed by atoms with Crippen molar-refractivity contribution in [1.82, 2.24) is 34.7 Å². The van der Waals surface area contributed by atoms with Crippen molar-refractivity contribution >= 4 is 61.0 Å². The highest BCUT2D eigenvalue weighted by atomic mass is 32.1. The summed E-state index contributed by atoms with van der Waals surface area (Å²) in [6.45, 7) is 4.43. The van der Waals surface area contributed by atoms with Crippen molar-refractivity contribution in [3.63, 3.8) is 0 Å². The van der Waals surface area contributed by atoms with Gasteiger partial charge in [-0.3, -0.25) is 14.6 Å². The average Bonchev–Trinajstić information content (AvgIpc) is 3.58. The lowest BCUT2D eigenvalue weighted by atomic mass is 10.1. The SMILES string of the molecule is CC(OC(=O)Cc1nn(Cc2nc3cc(C(F)(F)F)ccc3s2)c(=O)c2ccccc12)c1nccc(N2CCN(c3cnc4ccccc4n3)CC2)n1. The average molecular weight is 738 g/mol. The van der Waals surface area contributed by atoms with E-state index < -0.39 is 29.4 Å². The summed E-state index contributed by atoms with van der Waals surface area (Å²) in [6, 6.07) is 19.7. The largest absolute Gasteiger partial charge is 0.454 e. The molecule has 4 aromatic heterocycles. The van der Waals surface area contributed by atoms with Crippen LogP contribution in [0.4, 0.5) is 24.8 Å². The Morgan fingerprint density at radius 2 is 1.57 bits per heavy atom. The maximum absolute atomic E-state index is 13.4. The first-order chi connectivity index (χ1) is 25.6. The third kappa shape index (κ3) is 7.09. The van der Waals surface area contributed by atoms with Crippen LogP contribution >= 0.6 is 11.3 Å². The number of benzene rings is 3. The minimum Gasteiger partial charge on any atom is -0.454 e. The van der Waals surface area contributed by atoms with Crippen molar-refractivity contribution < 1.29 is 22.7 Å². The molecular formula is C37H30F3N9O3S. The van der Waals surface area contributed by atoms with Crippen LogP contribution in [0.1, 0.15) is 35.1 Å². The molecule has 0 radical (unpaired) electrons. The van der Waals surface area contributed by atoms with Crippen LogP contribution in [-0.4, -0.2) is 66.8 Å². The van der Waals surface area contributed by atoms with E-state index in [0.717, 1.165) is 42.1 Å². The lowest BCUT2D eigenvalue weighted by molar-refractivity contribution is -0.148. The molecule has 1 aliphatic heterocycles. The molecule has 7 aromatic rings. The molecule has 8 rings (SSSR count). The Hall–Kier alpha value is -6.03. The second-order valence-corrected chi connectivity index (χ2v) is 13.6. The van der Waals surface area contributed by atoms with Crippen LogP contribution in [0.15, 0.2) is 90.0 Å². The summed E-state index contributed by atoms with van der Waals surface area (Å²) in [6.07, 6.45) is -2.10. The number of rotatable bonds is 8. The zero-order valence-electron chi connectivity index (χ0n) is 28.2. The highest BCUT2D eigenvalue weighted by Gasteiger charge is 2.31. The topological polar surface area (TPSA) is 132 Å². The van der Waals surface area contributed by atoms with Gasteiger partial charge in [-0.25, -0.2) is 24.6 Å². The number of piperazine rings is 1. The number of alkyl halides is 3. The number of aromatic nitrogens is 7. The molecular weight excluding hydrogens is 708 g/mol. The van der Waals surface area contributed by atoms with Gasteiger partial charge in [0.05, 0.1) is 57.1 Å². The smallest absolute Gasteiger partial charge is 0.416 e. The van der Waals surface area contributed by atoms with E-state index in [2.05, 4.69) is 29.9 Å². The van der Waals surface area contributed by atoms with E-state index in [1.54, 1.807) is 43.6 Å². The van der Waals surface area contributed by atoms with Gasteiger partial charge in [-0.2, -0.15) is 18.3 Å². The number of anilines is 2. The molecule has 1 saturated heterocycles. The molecule has 0 bridgehead atoms. The summed E-state index contributed by atoms with van der Waals surface area (Å²) < 4.78 is 47.3. The fourth-order valence-corrected chi connectivity index (χ4v) is 7.25. The van der Waals surface area contributed by atoms with Crippen LogP contribution in [0.5, 0.6) is 0 Å². The van der Waals surface area contributed by atoms with Crippen molar-refractivity contribution in [3.8, 4) is 0 Å². The Morgan fingerprint density at radius 3 is 2.34 bits per heavy atom. The predicted molar refractivity (Wildman–Crippen MR) is 194 cm³/mol. The number of carbonyl (C=O) groups excluding carboxylic acids is 1. The van der Waals surface area contributed by atoms with Crippen LogP contribution in [0.3, 0.4) is 0 Å². The standard InChI is InChI=1S/C37H30F3N9O3S/c1-22(35-41-13-12-31(45-35)47-14-16-48(17-15-47)32-20-42-26-8-4-5-9-27(26)43-32)52-34(50)19-28-24-6-2-3-7-25(24)36(51)49(46-28)21-33-44-29-18-23(37(38,39)40)10-11-30(29)53-33/h2-13,18,20,22H,14-17,19,21H2,1H3. The number of esters is 1. The third-order valence-corrected chi connectivity index (χ3v) is 10.0. The number of nitrogens with zero attached hydrogens (tertiary/aromatic N) is 9. The van der Waals surface area contributed by atoms with Crippen LogP contribution in [0.2, 0.25) is 0 Å². The lowest BCUT2D eigenvalue weighted by Gasteiger charge is -2.36. The Morgan fingerprint density at radius 1 is 0.849 bits per heavy atom. The normalized spacial score (nSPS) is 14.3. The van der Waals surface area contributed by atoms with E-state index in [0.29, 0.717) is 50.9 Å². The molecule has 53 heavy (non-hydrogen) atoms. The summed E-state index contributed by atoms with van der Waals surface area (Å²) in [4.78, 5) is 53.8. The quantitative estimate of drug-likeness (QED) is 0.171. The molecule has 0 N–H and O–H groups in total. The molecule has 0 spiro atoms. The van der Waals surface area contributed by atoms with Crippen molar-refractivity contribution in [2.24, 2.45) is 0 Å². The summed E-state index contributed by atoms with van der Waals surface area (Å²) >= 11 is 1.17. The number of hydrogen-bond acceptors (Lipinski definition) is 12. The summed E-state index contributed by atoms with van der Waals surface area (Å²) in [5.74, 6) is 1.28. The number of carbonyl (C=O) groups is 1. The zero-order chi connectivity index (χ0) is 36.7. The van der Waals surface area contributed by atoms with Gasteiger partial charge >= 0.3 is 12.1 Å². The Kier molecular flexibility index (Phi) is 8.90. The van der Waals surface area contributed by atoms with Crippen molar-refractivity contribution in [3.05, 3.63) is 118 Å². The van der Waals surface area contributed by atoms with Crippen LogP contribution in [0.25, 0.3) is 32.0 Å². The monoisotopic (exact) mass is 737 g/mol. The maximum atomic E-state index is 13.4. The fourth-order valence-electron chi connectivity index (χ4n) is 6.32. The van der Waals surface area contributed by atoms with E-state index >= 15 is 0 Å². The number of hydrogen-bond donors (Lipinski definition) is 0. The first-order valence-corrected chi connectivity index (χ1v) is 17.6. The Bertz CT molecular complexity index is 2550. The van der Waals surface area contributed by atoms with Gasteiger partial charge in [-0.15, -0.1) is 11.3 Å². The molecule has 3 aromatic carbocycles. The molecule has 0 aliphatic carbocycles. The van der Waals surface area contributed by atoms with Crippen molar-refractivity contribution in [2.75, 3.05) is 36.0 Å². The molecule has 16 heteroatoms. The van der Waals surface area contributed by atoms with E-state index in [1.807, 2.05) is 30.3 Å². The summed E-state index contributed by atoms with van der Waals surface area (Å²) in [5, 5.41) is 5.72. The minimum atomic E-state index is -4.50. The number of fused-ring (bicyclic) bond motifs is 3. The van der Waals surface area contributed by atoms with Gasteiger partial charge in [-0.05, 0) is 49.4 Å². The second kappa shape index (κ2) is 13.8. The molecule has 268 valence electrons. The molecule has 1 aliphatic rings. The van der Waals surface area contributed by atoms with E-state index in [1.165, 1.54) is 22.1 Å². The van der Waals surface area contributed by atoms with Gasteiger partial charge in [0, 0.05) is 37.8 Å². The van der Waals surface area contributed by atoms with Crippen molar-refractivity contribution in [2.45, 2.75) is 32.2 Å². The first kappa shape index (κ1) is 34.1. The summed E-state index contributed by atoms with van der Waals surface area (Å²) in [5.41, 5.74) is 0.958. The van der Waals surface area contributed by atoms with Crippen LogP contribution < -0.4 is 15.4 Å². The predicted octanol–water partition coefficient (Wildman–Crippen LogP) is 5.98. The van der Waals surface area contributed by atoms with Gasteiger partial charge in [0.2, 0.25) is 0 Å². The number of thiazole rings is 1. The Balaban J connectivity index is 0.951. The van der Waals surface area contributed by atoms with Gasteiger partial charge in [-0.1, -0.05) is 30.3 Å². The molecule has 12 nitrogen and oxygen atoms in total. The number of halogens is 3. The molecule has 0 saturated carbocycles. The van der Waals surface area contributed by atoms with E-state index in [-0.39, 0.29) is 18.5 Å². The zero-order valence-corrected chi connectivity index (χ0v) is 29.0. The highest BCUT2D eigenvalue weighted by Crippen LogP contribution is 2.33. The molecule has 5 heterocycles. The van der Waals surface area contributed by atoms with Gasteiger partial charge in [0.25, 0.3) is 5.56 Å². The fraction of sp³-hybridized carbons (Fsp3) is 0.243. The third-order valence-electron chi connectivity index (χ3n) is 9.00. The number of para-hydroxylation sites is 2. The number of ether oxygens (including phenoxy) is 1.